The number of anilines is 2. The van der Waals surface area contributed by atoms with E-state index in [0.29, 0.717) is 40.7 Å². The van der Waals surface area contributed by atoms with Crippen LogP contribution in [0.1, 0.15) is 83.8 Å². The van der Waals surface area contributed by atoms with Crippen molar-refractivity contribution in [2.24, 2.45) is 12.2 Å². The van der Waals surface area contributed by atoms with E-state index in [-0.39, 0.29) is 99.5 Å². The number of ketones is 1. The van der Waals surface area contributed by atoms with Crippen LogP contribution in [0.4, 0.5) is 34.7 Å². The quantitative estimate of drug-likeness (QED) is 0.0225. The van der Waals surface area contributed by atoms with Gasteiger partial charge in [-0.1, -0.05) is 71.9 Å². The molecule has 0 spiro atoms. The van der Waals surface area contributed by atoms with Gasteiger partial charge >= 0.3 is 65.7 Å². The van der Waals surface area contributed by atoms with Gasteiger partial charge in [-0.2, -0.15) is 33.1 Å². The molecule has 566 valence electrons. The number of halogens is 4. The number of aromatic amines is 1. The van der Waals surface area contributed by atoms with E-state index < -0.39 is 119 Å². The van der Waals surface area contributed by atoms with Crippen LogP contribution < -0.4 is 69.4 Å². The molecule has 8 aromatic rings. The number of aryl methyl sites for hydroxylation is 3. The molecule has 0 saturated heterocycles. The smallest absolute Gasteiger partial charge is 0.481 e. The summed E-state index contributed by atoms with van der Waals surface area (Å²) in [6.07, 6.45) is -2.78. The Kier molecular flexibility index (Phi) is 30.7. The van der Waals surface area contributed by atoms with Gasteiger partial charge in [0.25, 0.3) is 15.6 Å². The zero-order chi connectivity index (χ0) is 78.9. The monoisotopic (exact) mass is 1690 g/mol. The van der Waals surface area contributed by atoms with Gasteiger partial charge in [0.15, 0.2) is 33.1 Å². The van der Waals surface area contributed by atoms with Crippen LogP contribution in [-0.2, 0) is 89.1 Å². The summed E-state index contributed by atoms with van der Waals surface area (Å²) < 4.78 is 173. The normalized spacial score (nSPS) is 12.3. The average molecular weight is 1690 g/mol. The number of amides is 4. The molecule has 0 fully saturated rings. The Morgan fingerprint density at radius 2 is 1.22 bits per heavy atom. The molecular weight excluding hydrogens is 1630 g/mol. The Morgan fingerprint density at radius 3 is 1.73 bits per heavy atom. The zero-order valence-electron chi connectivity index (χ0n) is 58.4. The Bertz CT molecular complexity index is 5160. The summed E-state index contributed by atoms with van der Waals surface area (Å²) in [6.45, 7) is 4.80. The largest absolute Gasteiger partial charge is 1.00 e. The number of aromatic nitrogens is 7. The van der Waals surface area contributed by atoms with E-state index >= 15 is 0 Å². The summed E-state index contributed by atoms with van der Waals surface area (Å²) in [4.78, 5) is 108. The van der Waals surface area contributed by atoms with Crippen molar-refractivity contribution in [3.8, 4) is 17.8 Å². The number of methoxy groups -OCH3 is 5. The van der Waals surface area contributed by atoms with Crippen LogP contribution in [0, 0.1) is 17.4 Å². The van der Waals surface area contributed by atoms with E-state index in [1.165, 1.54) is 72.6 Å². The zero-order valence-corrected chi connectivity index (χ0v) is 65.8. The van der Waals surface area contributed by atoms with Crippen LogP contribution in [0.25, 0.3) is 4.72 Å². The maximum Gasteiger partial charge on any atom is 1.00 e. The molecule has 107 heavy (non-hydrogen) atoms. The average Bonchev–Trinajstić information content (AvgIpc) is 1.67. The fourth-order valence-electron chi connectivity index (χ4n) is 9.16. The number of urea groups is 2. The Hall–Kier alpha value is -10.0. The molecule has 0 bridgehead atoms. The molecule has 3 aromatic heterocycles. The molecule has 1 aliphatic heterocycles. The van der Waals surface area contributed by atoms with Crippen molar-refractivity contribution in [3.05, 3.63) is 196 Å². The number of ether oxygens (including phenoxy) is 6. The van der Waals surface area contributed by atoms with Crippen LogP contribution in [0.15, 0.2) is 146 Å². The number of nitrogens with one attached hydrogen (secondary N) is 5. The summed E-state index contributed by atoms with van der Waals surface area (Å²) in [7, 11) is -9.38. The number of benzene rings is 5. The van der Waals surface area contributed by atoms with Crippen LogP contribution in [0.2, 0.25) is 0 Å². The van der Waals surface area contributed by atoms with Crippen molar-refractivity contribution in [1.29, 1.82) is 0 Å². The molecule has 5 aromatic carbocycles. The molecular formula is C63H64F3IN13NaO22S4. The third-order valence-electron chi connectivity index (χ3n) is 13.9. The predicted molar refractivity (Wildman–Crippen MR) is 377 cm³/mol. The SMILES string of the molecule is CCOC(=O)C1=NOC(c2ccccc2)(c2ccccc2)C1.COC(=O)c1ccc(CNS(C)(=O)=O)cc1S(=O)(=O)NC(=O)Nc1nc(OC)cc(OC)n1.COC(=O)c1ccc(I)cc1S(=O)(=O)[N-]C(=O)Nc1nc(C)nc(OC)n1.Cc1[nH]n(C)c(=O)c1C(=O)c1ccc(C(F)(F)F)cc1S(C)(=O)=O.[Na+]. The van der Waals surface area contributed by atoms with Crippen molar-refractivity contribution in [3.63, 3.8) is 0 Å². The Morgan fingerprint density at radius 1 is 0.673 bits per heavy atom. The number of nitrogens with zero attached hydrogens (tertiary/aromatic N) is 8. The predicted octanol–water partition coefficient (Wildman–Crippen LogP) is 3.66. The number of carbonyl (C=O) groups excluding carboxylic acids is 6. The van der Waals surface area contributed by atoms with Gasteiger partial charge in [-0.25, -0.2) is 67.3 Å². The number of alkyl halides is 3. The van der Waals surface area contributed by atoms with Gasteiger partial charge in [-0.3, -0.25) is 29.5 Å². The van der Waals surface area contributed by atoms with Gasteiger partial charge in [-0.15, -0.1) is 0 Å². The van der Waals surface area contributed by atoms with Crippen LogP contribution in [-0.4, -0.2) is 165 Å². The first-order valence-corrected chi connectivity index (χ1v) is 37.6. The molecule has 44 heteroatoms. The molecule has 35 nitrogen and oxygen atoms in total. The molecule has 0 radical (unpaired) electrons. The molecule has 9 rings (SSSR count). The van der Waals surface area contributed by atoms with Gasteiger partial charge < -0.3 is 43.3 Å². The van der Waals surface area contributed by atoms with E-state index in [1.807, 2.05) is 83.3 Å². The number of hydrogen-bond acceptors (Lipinski definition) is 28. The molecule has 1 aliphatic rings. The number of oxime groups is 1. The minimum Gasteiger partial charge on any atom is -0.481 e. The summed E-state index contributed by atoms with van der Waals surface area (Å²) in [5, 5.41) is 10.8. The fraction of sp³-hybridized carbons (Fsp3) is 0.254. The second-order valence-electron chi connectivity index (χ2n) is 21.4. The van der Waals surface area contributed by atoms with Gasteiger partial charge in [0.05, 0.1) is 87.4 Å². The first-order valence-electron chi connectivity index (χ1n) is 29.8. The molecule has 5 N–H and O–H groups in total. The van der Waals surface area contributed by atoms with E-state index in [1.54, 1.807) is 11.6 Å². The van der Waals surface area contributed by atoms with Crippen LogP contribution in [0.3, 0.4) is 0 Å². The molecule has 0 aliphatic carbocycles. The van der Waals surface area contributed by atoms with E-state index in [4.69, 9.17) is 23.8 Å². The van der Waals surface area contributed by atoms with Gasteiger partial charge in [0.2, 0.25) is 43.5 Å². The number of hydrogen-bond donors (Lipinski definition) is 5. The maximum absolute atomic E-state index is 12.9. The van der Waals surface area contributed by atoms with E-state index in [0.717, 1.165) is 54.5 Å². The fourth-order valence-corrected chi connectivity index (χ4v) is 13.4. The van der Waals surface area contributed by atoms with Crippen LogP contribution in [0.5, 0.6) is 17.8 Å². The number of sulfonamides is 3. The second kappa shape index (κ2) is 37.5. The summed E-state index contributed by atoms with van der Waals surface area (Å²) >= 11 is 1.86. The standard InChI is InChI=1S/C18H17NO3.C17H21N5O9S2.C14H13F3N2O4S.C14H14IN5O6S.Na/c1-2-21-17(20)16-13-18(22-19-16,14-9-5-3-6-10-14)15-11-7-4-8-12-15;1-29-13-8-14(30-2)20-16(19-13)21-17(24)22-33(27,28)12-7-10(9-18-32(4,25)26)5-6-11(12)15(23)31-3;1-7-11(13(21)19(2)18-7)12(20)9-5-4-8(14(15,16)17)6-10(9)24(3,22)23;1-7-16-12(19-14(17-7)26-3)18-13(22)20-27(23,24)10-6-8(15)4-5-9(10)11(21)25-2;/h3-12H,2,13H2,1H3;5-8,18H,9H2,1-4H3,(H2,19,20,21,22,24);4-6,18H,1-3H3;4-6H,1-3H3,(H2,16,17,18,19,20,22);/q;;;;+1/p-1. The number of sulfone groups is 1. The van der Waals surface area contributed by atoms with Crippen LogP contribution >= 0.6 is 22.6 Å². The topological polar surface area (TPSA) is 480 Å². The van der Waals surface area contributed by atoms with Gasteiger partial charge in [0.1, 0.15) is 16.3 Å². The third-order valence-corrected chi connectivity index (χ3v) is 19.1. The summed E-state index contributed by atoms with van der Waals surface area (Å²) in [6, 6.07) is 27.7. The third kappa shape index (κ3) is 23.7. The first kappa shape index (κ1) is 87.6. The van der Waals surface area contributed by atoms with Crippen molar-refractivity contribution < 1.29 is 138 Å². The molecule has 0 saturated carbocycles. The summed E-state index contributed by atoms with van der Waals surface area (Å²) in [5.41, 5.74) is -1.45. The van der Waals surface area contributed by atoms with Crippen molar-refractivity contribution >= 4 is 116 Å². The summed E-state index contributed by atoms with van der Waals surface area (Å²) in [5.74, 6) is -3.47. The van der Waals surface area contributed by atoms with E-state index in [2.05, 4.69) is 64.7 Å². The maximum atomic E-state index is 12.9. The molecule has 4 heterocycles. The number of rotatable bonds is 21. The number of carbonyl (C=O) groups is 6. The number of H-pyrrole nitrogens is 1. The Labute approximate surface area is 645 Å². The molecule has 0 unspecified atom stereocenters. The molecule has 0 atom stereocenters. The second-order valence-corrected chi connectivity index (χ2v) is 29.7. The van der Waals surface area contributed by atoms with Crippen molar-refractivity contribution in [1.82, 2.24) is 44.1 Å². The first-order chi connectivity index (χ1) is 49.6. The molecule has 4 amide bonds. The Balaban J connectivity index is 0.000000258. The van der Waals surface area contributed by atoms with Gasteiger partial charge in [0, 0.05) is 45.8 Å². The minimum atomic E-state index is -4.76. The van der Waals surface area contributed by atoms with Crippen molar-refractivity contribution in [2.45, 2.75) is 60.2 Å². The van der Waals surface area contributed by atoms with Crippen molar-refractivity contribution in [2.75, 3.05) is 65.3 Å². The van der Waals surface area contributed by atoms with Gasteiger partial charge in [-0.05, 0) is 97.5 Å². The number of esters is 3. The minimum absolute atomic E-state index is 0. The van der Waals surface area contributed by atoms with E-state index in [9.17, 15) is 80.4 Å².